The molecule has 1 N–H and O–H groups in total. The summed E-state index contributed by atoms with van der Waals surface area (Å²) in [6.45, 7) is 5.50. The fraction of sp³-hybridized carbons (Fsp3) is 0.667. The van der Waals surface area contributed by atoms with Crippen LogP contribution in [0.1, 0.15) is 31.9 Å². The van der Waals surface area contributed by atoms with Crippen LogP contribution in [0.4, 0.5) is 0 Å². The summed E-state index contributed by atoms with van der Waals surface area (Å²) in [6, 6.07) is 4.21. The number of nitrogens with one attached hydrogen (secondary N) is 1. The fourth-order valence-electron chi connectivity index (χ4n) is 2.45. The summed E-state index contributed by atoms with van der Waals surface area (Å²) < 4.78 is 5.85. The molecule has 0 aliphatic carbocycles. The highest BCUT2D eigenvalue weighted by molar-refractivity contribution is 6.31. The summed E-state index contributed by atoms with van der Waals surface area (Å²) in [7, 11) is 2.17. The molecule has 0 saturated carbocycles. The van der Waals surface area contributed by atoms with Crippen molar-refractivity contribution < 1.29 is 4.74 Å². The summed E-state index contributed by atoms with van der Waals surface area (Å²) in [4.78, 5) is 6.86. The van der Waals surface area contributed by atoms with E-state index < -0.39 is 0 Å². The third-order valence-corrected chi connectivity index (χ3v) is 4.12. The molecule has 0 amide bonds. The van der Waals surface area contributed by atoms with Gasteiger partial charge >= 0.3 is 0 Å². The van der Waals surface area contributed by atoms with Crippen molar-refractivity contribution in [3.05, 3.63) is 22.8 Å². The molecular formula is C15H24ClN3O. The monoisotopic (exact) mass is 297 g/mol. The van der Waals surface area contributed by atoms with Gasteiger partial charge in [-0.25, -0.2) is 4.98 Å². The van der Waals surface area contributed by atoms with Crippen LogP contribution >= 0.6 is 11.6 Å². The van der Waals surface area contributed by atoms with Crippen LogP contribution in [-0.4, -0.2) is 42.7 Å². The van der Waals surface area contributed by atoms with Crippen LogP contribution in [0.2, 0.25) is 5.02 Å². The maximum absolute atomic E-state index is 6.14. The topological polar surface area (TPSA) is 37.4 Å². The van der Waals surface area contributed by atoms with E-state index in [2.05, 4.69) is 29.2 Å². The van der Waals surface area contributed by atoms with E-state index in [1.807, 2.05) is 12.1 Å². The molecule has 1 aliphatic rings. The lowest BCUT2D eigenvalue weighted by Crippen LogP contribution is -2.40. The number of rotatable bonds is 6. The van der Waals surface area contributed by atoms with Crippen molar-refractivity contribution in [3.63, 3.8) is 0 Å². The predicted octanol–water partition coefficient (Wildman–Crippen LogP) is 2.71. The summed E-state index contributed by atoms with van der Waals surface area (Å²) >= 11 is 6.14. The predicted molar refractivity (Wildman–Crippen MR) is 82.4 cm³/mol. The third kappa shape index (κ3) is 4.33. The Hall–Kier alpha value is -0.840. The zero-order valence-electron chi connectivity index (χ0n) is 12.4. The first kappa shape index (κ1) is 15.5. The zero-order chi connectivity index (χ0) is 14.4. The van der Waals surface area contributed by atoms with Gasteiger partial charge in [0.2, 0.25) is 5.88 Å². The number of halogens is 1. The Morgan fingerprint density at radius 3 is 3.05 bits per heavy atom. The van der Waals surface area contributed by atoms with E-state index >= 15 is 0 Å². The van der Waals surface area contributed by atoms with Gasteiger partial charge in [-0.15, -0.1) is 0 Å². The van der Waals surface area contributed by atoms with Crippen molar-refractivity contribution in [1.29, 1.82) is 0 Å². The molecule has 112 valence electrons. The van der Waals surface area contributed by atoms with Crippen molar-refractivity contribution in [3.8, 4) is 5.88 Å². The van der Waals surface area contributed by atoms with Gasteiger partial charge in [0.05, 0.1) is 10.7 Å². The molecular weight excluding hydrogens is 274 g/mol. The van der Waals surface area contributed by atoms with Gasteiger partial charge in [0, 0.05) is 18.7 Å². The number of aromatic nitrogens is 1. The number of ether oxygens (including phenoxy) is 1. The van der Waals surface area contributed by atoms with Crippen molar-refractivity contribution in [2.75, 3.05) is 26.7 Å². The van der Waals surface area contributed by atoms with Gasteiger partial charge in [-0.05, 0) is 39.0 Å². The first-order valence-electron chi connectivity index (χ1n) is 7.40. The molecule has 1 aliphatic heterocycles. The van der Waals surface area contributed by atoms with Gasteiger partial charge in [0.1, 0.15) is 6.61 Å². The van der Waals surface area contributed by atoms with E-state index in [1.54, 1.807) is 0 Å². The highest BCUT2D eigenvalue weighted by Crippen LogP contribution is 2.20. The molecule has 2 heterocycles. The molecule has 5 heteroatoms. The summed E-state index contributed by atoms with van der Waals surface area (Å²) in [5.41, 5.74) is 0.850. The second kappa shape index (κ2) is 7.81. The molecule has 1 fully saturated rings. The Morgan fingerprint density at radius 2 is 2.30 bits per heavy atom. The van der Waals surface area contributed by atoms with E-state index in [4.69, 9.17) is 16.3 Å². The normalized spacial score (nSPS) is 20.1. The maximum atomic E-state index is 6.14. The van der Waals surface area contributed by atoms with Crippen LogP contribution in [0.25, 0.3) is 0 Å². The average Bonchev–Trinajstić information content (AvgIpc) is 2.46. The lowest BCUT2D eigenvalue weighted by Gasteiger charge is -2.32. The summed E-state index contributed by atoms with van der Waals surface area (Å²) in [5.74, 6) is 0.668. The highest BCUT2D eigenvalue weighted by atomic mass is 35.5. The van der Waals surface area contributed by atoms with E-state index in [0.717, 1.165) is 18.8 Å². The molecule has 0 bridgehead atoms. The number of nitrogens with zero attached hydrogens (tertiary/aromatic N) is 2. The van der Waals surface area contributed by atoms with E-state index in [1.165, 1.54) is 19.3 Å². The van der Waals surface area contributed by atoms with Crippen LogP contribution in [0.5, 0.6) is 5.88 Å². The van der Waals surface area contributed by atoms with Crippen LogP contribution in [0.15, 0.2) is 12.1 Å². The van der Waals surface area contributed by atoms with Gasteiger partial charge in [0.25, 0.3) is 0 Å². The number of hydrogen-bond acceptors (Lipinski definition) is 4. The quantitative estimate of drug-likeness (QED) is 0.876. The molecule has 0 radical (unpaired) electrons. The minimum Gasteiger partial charge on any atom is -0.476 e. The number of likely N-dealkylation sites (tertiary alicyclic amines) is 1. The van der Waals surface area contributed by atoms with Gasteiger partial charge in [-0.1, -0.05) is 24.9 Å². The molecule has 1 saturated heterocycles. The number of hydrogen-bond donors (Lipinski definition) is 1. The van der Waals surface area contributed by atoms with Crippen LogP contribution < -0.4 is 10.1 Å². The Bertz CT molecular complexity index is 428. The fourth-order valence-corrected chi connectivity index (χ4v) is 2.62. The van der Waals surface area contributed by atoms with Gasteiger partial charge < -0.3 is 15.0 Å². The van der Waals surface area contributed by atoms with E-state index in [-0.39, 0.29) is 0 Å². The Morgan fingerprint density at radius 1 is 1.45 bits per heavy atom. The lowest BCUT2D eigenvalue weighted by molar-refractivity contribution is 0.122. The standard InChI is InChI=1S/C15H24ClN3O/c1-3-17-10-14-13(16)7-8-15(18-14)20-11-12-6-4-5-9-19(12)2/h7-8,12,17H,3-6,9-11H2,1-2H3. The first-order valence-corrected chi connectivity index (χ1v) is 7.77. The van der Waals surface area contributed by atoms with Gasteiger partial charge in [0.15, 0.2) is 0 Å². The Kier molecular flexibility index (Phi) is 6.07. The minimum atomic E-state index is 0.499. The van der Waals surface area contributed by atoms with Gasteiger partial charge in [-0.2, -0.15) is 0 Å². The molecule has 2 rings (SSSR count). The zero-order valence-corrected chi connectivity index (χ0v) is 13.1. The number of piperidine rings is 1. The summed E-state index contributed by atoms with van der Waals surface area (Å²) in [5, 5.41) is 3.92. The van der Waals surface area contributed by atoms with Crippen molar-refractivity contribution in [1.82, 2.24) is 15.2 Å². The smallest absolute Gasteiger partial charge is 0.213 e. The molecule has 1 atom stereocenters. The van der Waals surface area contributed by atoms with Crippen molar-refractivity contribution >= 4 is 11.6 Å². The Labute approximate surface area is 126 Å². The van der Waals surface area contributed by atoms with Crippen molar-refractivity contribution in [2.45, 2.75) is 38.8 Å². The number of likely N-dealkylation sites (N-methyl/N-ethyl adjacent to an activating group) is 1. The van der Waals surface area contributed by atoms with E-state index in [0.29, 0.717) is 30.1 Å². The largest absolute Gasteiger partial charge is 0.476 e. The second-order valence-electron chi connectivity index (χ2n) is 5.30. The molecule has 1 aromatic rings. The van der Waals surface area contributed by atoms with Crippen molar-refractivity contribution in [2.24, 2.45) is 0 Å². The first-order chi connectivity index (χ1) is 9.70. The molecule has 0 aromatic carbocycles. The van der Waals surface area contributed by atoms with Gasteiger partial charge in [-0.3, -0.25) is 0 Å². The van der Waals surface area contributed by atoms with E-state index in [9.17, 15) is 0 Å². The molecule has 1 aromatic heterocycles. The SMILES string of the molecule is CCNCc1nc(OCC2CCCCN2C)ccc1Cl. The summed E-state index contributed by atoms with van der Waals surface area (Å²) in [6.07, 6.45) is 3.78. The second-order valence-corrected chi connectivity index (χ2v) is 5.71. The molecule has 0 spiro atoms. The van der Waals surface area contributed by atoms with Crippen LogP contribution in [0, 0.1) is 0 Å². The van der Waals surface area contributed by atoms with Crippen LogP contribution in [0.3, 0.4) is 0 Å². The maximum Gasteiger partial charge on any atom is 0.213 e. The highest BCUT2D eigenvalue weighted by Gasteiger charge is 2.19. The minimum absolute atomic E-state index is 0.499. The lowest BCUT2D eigenvalue weighted by atomic mass is 10.0. The average molecular weight is 298 g/mol. The Balaban J connectivity index is 1.91. The third-order valence-electron chi connectivity index (χ3n) is 3.78. The molecule has 20 heavy (non-hydrogen) atoms. The number of pyridine rings is 1. The molecule has 1 unspecified atom stereocenters. The molecule has 4 nitrogen and oxygen atoms in total. The van der Waals surface area contributed by atoms with Crippen LogP contribution in [-0.2, 0) is 6.54 Å².